The average Bonchev–Trinajstić information content (AvgIpc) is 2.65. The molecular weight excluding hydrogens is 334 g/mol. The Morgan fingerprint density at radius 2 is 1.67 bits per heavy atom. The molecule has 4 saturated carbocycles. The first kappa shape index (κ1) is 18.8. The lowest BCUT2D eigenvalue weighted by atomic mass is 9.52. The standard InChI is InChI=1S/C23H35N3O/c1-3-10-26(23-15-19-12-20(16-23)14-21(13-19)17-23)22(27)25(2)11-4-5-18-6-8-24-9-7-18/h6-9,19-21H,3-5,10-17H2,1-2H3. The van der Waals surface area contributed by atoms with E-state index < -0.39 is 0 Å². The molecule has 1 aromatic rings. The Balaban J connectivity index is 1.40. The summed E-state index contributed by atoms with van der Waals surface area (Å²) in [6.07, 6.45) is 14.8. The van der Waals surface area contributed by atoms with Crippen molar-refractivity contribution < 1.29 is 4.79 Å². The molecule has 0 spiro atoms. The van der Waals surface area contributed by atoms with E-state index in [4.69, 9.17) is 0 Å². The van der Waals surface area contributed by atoms with Gasteiger partial charge in [0.25, 0.3) is 0 Å². The fourth-order valence-electron chi connectivity index (χ4n) is 6.53. The van der Waals surface area contributed by atoms with Gasteiger partial charge in [0.15, 0.2) is 0 Å². The number of amides is 2. The van der Waals surface area contributed by atoms with Crippen LogP contribution in [-0.2, 0) is 6.42 Å². The van der Waals surface area contributed by atoms with Crippen LogP contribution in [0.3, 0.4) is 0 Å². The van der Waals surface area contributed by atoms with Crippen LogP contribution in [0.4, 0.5) is 4.79 Å². The summed E-state index contributed by atoms with van der Waals surface area (Å²) in [6.45, 7) is 3.96. The van der Waals surface area contributed by atoms with Gasteiger partial charge in [-0.1, -0.05) is 6.92 Å². The van der Waals surface area contributed by atoms with Crippen molar-refractivity contribution in [2.45, 2.75) is 70.3 Å². The van der Waals surface area contributed by atoms with Gasteiger partial charge in [-0.25, -0.2) is 4.79 Å². The van der Waals surface area contributed by atoms with Crippen LogP contribution in [-0.4, -0.2) is 46.5 Å². The minimum absolute atomic E-state index is 0.168. The molecule has 1 heterocycles. The van der Waals surface area contributed by atoms with E-state index in [-0.39, 0.29) is 11.6 Å². The molecular formula is C23H35N3O. The number of hydrogen-bond acceptors (Lipinski definition) is 2. The Labute approximate surface area is 164 Å². The van der Waals surface area contributed by atoms with Gasteiger partial charge in [-0.05, 0) is 93.2 Å². The quantitative estimate of drug-likeness (QED) is 0.695. The molecule has 0 unspecified atom stereocenters. The second kappa shape index (κ2) is 7.81. The molecule has 4 aliphatic rings. The number of aromatic nitrogens is 1. The van der Waals surface area contributed by atoms with Crippen molar-refractivity contribution in [3.8, 4) is 0 Å². The number of urea groups is 1. The van der Waals surface area contributed by atoms with Gasteiger partial charge in [-0.3, -0.25) is 4.98 Å². The maximum Gasteiger partial charge on any atom is 0.320 e. The Morgan fingerprint density at radius 3 is 2.22 bits per heavy atom. The molecule has 0 N–H and O–H groups in total. The highest BCUT2D eigenvalue weighted by Gasteiger charge is 2.54. The van der Waals surface area contributed by atoms with Crippen LogP contribution in [0.25, 0.3) is 0 Å². The smallest absolute Gasteiger partial charge is 0.320 e. The van der Waals surface area contributed by atoms with Gasteiger partial charge >= 0.3 is 6.03 Å². The molecule has 4 aliphatic carbocycles. The summed E-state index contributed by atoms with van der Waals surface area (Å²) in [4.78, 5) is 21.8. The van der Waals surface area contributed by atoms with Crippen molar-refractivity contribution in [1.29, 1.82) is 0 Å². The zero-order chi connectivity index (χ0) is 18.9. The zero-order valence-corrected chi connectivity index (χ0v) is 17.1. The van der Waals surface area contributed by atoms with Crippen molar-refractivity contribution in [1.82, 2.24) is 14.8 Å². The third kappa shape index (κ3) is 3.86. The lowest BCUT2D eigenvalue weighted by molar-refractivity contribution is -0.0740. The van der Waals surface area contributed by atoms with E-state index in [0.29, 0.717) is 0 Å². The predicted octanol–water partition coefficient (Wildman–Crippen LogP) is 4.75. The highest BCUT2D eigenvalue weighted by Crippen LogP contribution is 2.57. The first-order chi connectivity index (χ1) is 13.1. The minimum atomic E-state index is 0.168. The summed E-state index contributed by atoms with van der Waals surface area (Å²) in [7, 11) is 2.00. The number of carbonyl (C=O) groups excluding carboxylic acids is 1. The first-order valence-corrected chi connectivity index (χ1v) is 11.0. The van der Waals surface area contributed by atoms with Gasteiger partial charge in [0.1, 0.15) is 0 Å². The van der Waals surface area contributed by atoms with Gasteiger partial charge in [0.2, 0.25) is 0 Å². The fraction of sp³-hybridized carbons (Fsp3) is 0.739. The van der Waals surface area contributed by atoms with E-state index in [0.717, 1.165) is 50.1 Å². The molecule has 4 bridgehead atoms. The van der Waals surface area contributed by atoms with Crippen LogP contribution in [0.1, 0.15) is 63.9 Å². The maximum atomic E-state index is 13.4. The molecule has 5 rings (SSSR count). The van der Waals surface area contributed by atoms with Gasteiger partial charge < -0.3 is 9.80 Å². The second-order valence-corrected chi connectivity index (χ2v) is 9.46. The zero-order valence-electron chi connectivity index (χ0n) is 17.1. The second-order valence-electron chi connectivity index (χ2n) is 9.46. The summed E-state index contributed by atoms with van der Waals surface area (Å²) in [5, 5.41) is 0. The summed E-state index contributed by atoms with van der Waals surface area (Å²) in [6, 6.07) is 4.41. The van der Waals surface area contributed by atoms with Crippen LogP contribution >= 0.6 is 0 Å². The van der Waals surface area contributed by atoms with E-state index in [9.17, 15) is 4.79 Å². The van der Waals surface area contributed by atoms with Crippen molar-refractivity contribution >= 4 is 6.03 Å². The number of nitrogens with zero attached hydrogens (tertiary/aromatic N) is 3. The van der Waals surface area contributed by atoms with Crippen molar-refractivity contribution in [3.63, 3.8) is 0 Å². The van der Waals surface area contributed by atoms with E-state index >= 15 is 0 Å². The number of rotatable bonds is 7. The van der Waals surface area contributed by atoms with Crippen LogP contribution in [0, 0.1) is 17.8 Å². The molecule has 2 amide bonds. The van der Waals surface area contributed by atoms with Gasteiger partial charge in [-0.2, -0.15) is 0 Å². The molecule has 0 atom stereocenters. The molecule has 4 heteroatoms. The van der Waals surface area contributed by atoms with E-state index in [1.165, 1.54) is 44.1 Å². The lowest BCUT2D eigenvalue weighted by Gasteiger charge is -2.60. The molecule has 148 valence electrons. The molecule has 27 heavy (non-hydrogen) atoms. The normalized spacial score (nSPS) is 31.1. The monoisotopic (exact) mass is 369 g/mol. The van der Waals surface area contributed by atoms with Crippen LogP contribution in [0.2, 0.25) is 0 Å². The van der Waals surface area contributed by atoms with Gasteiger partial charge in [0, 0.05) is 38.1 Å². The third-order valence-corrected chi connectivity index (χ3v) is 7.29. The molecule has 4 fully saturated rings. The molecule has 0 saturated heterocycles. The molecule has 0 aliphatic heterocycles. The van der Waals surface area contributed by atoms with E-state index in [2.05, 4.69) is 28.9 Å². The van der Waals surface area contributed by atoms with Gasteiger partial charge in [-0.15, -0.1) is 0 Å². The van der Waals surface area contributed by atoms with E-state index in [1.54, 1.807) is 0 Å². The van der Waals surface area contributed by atoms with Crippen molar-refractivity contribution in [2.75, 3.05) is 20.1 Å². The molecule has 0 aromatic carbocycles. The number of pyridine rings is 1. The number of carbonyl (C=O) groups is 1. The average molecular weight is 370 g/mol. The van der Waals surface area contributed by atoms with Crippen LogP contribution < -0.4 is 0 Å². The van der Waals surface area contributed by atoms with Crippen LogP contribution in [0.15, 0.2) is 24.5 Å². The number of hydrogen-bond donors (Lipinski definition) is 0. The maximum absolute atomic E-state index is 13.4. The Kier molecular flexibility index (Phi) is 5.43. The highest BCUT2D eigenvalue weighted by molar-refractivity contribution is 5.75. The highest BCUT2D eigenvalue weighted by atomic mass is 16.2. The summed E-state index contributed by atoms with van der Waals surface area (Å²) >= 11 is 0. The Morgan fingerprint density at radius 1 is 1.07 bits per heavy atom. The SMILES string of the molecule is CCCN(C(=O)N(C)CCCc1ccncc1)C12CC3CC(CC(C3)C1)C2. The first-order valence-electron chi connectivity index (χ1n) is 11.0. The predicted molar refractivity (Wildman–Crippen MR) is 108 cm³/mol. The fourth-order valence-corrected chi connectivity index (χ4v) is 6.53. The molecule has 1 aromatic heterocycles. The van der Waals surface area contributed by atoms with Crippen molar-refractivity contribution in [2.24, 2.45) is 17.8 Å². The summed E-state index contributed by atoms with van der Waals surface area (Å²) in [5.74, 6) is 2.63. The van der Waals surface area contributed by atoms with E-state index in [1.807, 2.05) is 24.3 Å². The topological polar surface area (TPSA) is 36.4 Å². The Bertz CT molecular complexity index is 609. The lowest BCUT2D eigenvalue weighted by Crippen LogP contribution is -2.63. The Hall–Kier alpha value is -1.58. The minimum Gasteiger partial charge on any atom is -0.328 e. The largest absolute Gasteiger partial charge is 0.328 e. The summed E-state index contributed by atoms with van der Waals surface area (Å²) in [5.41, 5.74) is 1.47. The van der Waals surface area contributed by atoms with Crippen molar-refractivity contribution in [3.05, 3.63) is 30.1 Å². The van der Waals surface area contributed by atoms with Crippen LogP contribution in [0.5, 0.6) is 0 Å². The third-order valence-electron chi connectivity index (χ3n) is 7.29. The molecule has 0 radical (unpaired) electrons. The molecule has 4 nitrogen and oxygen atoms in total. The van der Waals surface area contributed by atoms with Gasteiger partial charge in [0.05, 0.1) is 0 Å². The number of aryl methyl sites for hydroxylation is 1. The summed E-state index contributed by atoms with van der Waals surface area (Å²) < 4.78 is 0.